The number of amides is 1. The molecule has 0 radical (unpaired) electrons. The zero-order valence-corrected chi connectivity index (χ0v) is 10.2. The molecule has 1 N–H and O–H groups in total. The van der Waals surface area contributed by atoms with E-state index in [2.05, 4.69) is 11.9 Å². The molecule has 2 saturated carbocycles. The smallest absolute Gasteiger partial charge is 0.312 e. The Morgan fingerprint density at radius 2 is 2.29 bits per heavy atom. The highest BCUT2D eigenvalue weighted by atomic mass is 16.6. The quantitative estimate of drug-likeness (QED) is 0.574. The van der Waals surface area contributed by atoms with Crippen LogP contribution in [-0.2, 0) is 14.3 Å². The average molecular weight is 235 g/mol. The van der Waals surface area contributed by atoms with Gasteiger partial charge in [-0.2, -0.15) is 0 Å². The van der Waals surface area contributed by atoms with E-state index in [1.165, 1.54) is 0 Å². The third kappa shape index (κ3) is 1.24. The summed E-state index contributed by atoms with van der Waals surface area (Å²) in [5.74, 6) is 0.453. The van der Waals surface area contributed by atoms with Gasteiger partial charge in [0.05, 0.1) is 11.5 Å². The van der Waals surface area contributed by atoms with E-state index in [9.17, 15) is 9.59 Å². The Morgan fingerprint density at radius 3 is 2.94 bits per heavy atom. The van der Waals surface area contributed by atoms with Crippen LogP contribution >= 0.6 is 0 Å². The summed E-state index contributed by atoms with van der Waals surface area (Å²) in [6.45, 7) is 7.31. The van der Waals surface area contributed by atoms with Crippen molar-refractivity contribution in [3.8, 4) is 0 Å². The lowest BCUT2D eigenvalue weighted by Crippen LogP contribution is -2.48. The summed E-state index contributed by atoms with van der Waals surface area (Å²) in [6, 6.07) is -0.0104. The molecule has 4 heteroatoms. The summed E-state index contributed by atoms with van der Waals surface area (Å²) in [6.07, 6.45) is 1.72. The summed E-state index contributed by atoms with van der Waals surface area (Å²) in [5, 5.41) is 2.96. The number of esters is 1. The van der Waals surface area contributed by atoms with Gasteiger partial charge in [-0.15, -0.1) is 0 Å². The molecule has 1 aliphatic heterocycles. The largest absolute Gasteiger partial charge is 0.459 e. The molecule has 5 unspecified atom stereocenters. The van der Waals surface area contributed by atoms with Crippen molar-refractivity contribution in [1.82, 2.24) is 5.32 Å². The second-order valence-corrected chi connectivity index (χ2v) is 5.87. The maximum absolute atomic E-state index is 11.8. The molecule has 17 heavy (non-hydrogen) atoms. The topological polar surface area (TPSA) is 55.4 Å². The van der Waals surface area contributed by atoms with Gasteiger partial charge in [0.25, 0.3) is 0 Å². The first kappa shape index (κ1) is 10.8. The molecule has 2 bridgehead atoms. The van der Waals surface area contributed by atoms with Crippen molar-refractivity contribution >= 4 is 11.9 Å². The molecule has 3 aliphatic rings. The molecule has 5 atom stereocenters. The van der Waals surface area contributed by atoms with Crippen molar-refractivity contribution in [2.75, 3.05) is 0 Å². The first-order valence-electron chi connectivity index (χ1n) is 6.11. The fourth-order valence-electron chi connectivity index (χ4n) is 3.78. The van der Waals surface area contributed by atoms with Crippen molar-refractivity contribution < 1.29 is 14.3 Å². The normalized spacial score (nSPS) is 45.9. The second kappa shape index (κ2) is 3.12. The molecule has 3 fully saturated rings. The minimum atomic E-state index is -0.292. The van der Waals surface area contributed by atoms with Gasteiger partial charge in [0.15, 0.2) is 0 Å². The van der Waals surface area contributed by atoms with E-state index in [-0.39, 0.29) is 35.4 Å². The van der Waals surface area contributed by atoms with Crippen LogP contribution in [0.3, 0.4) is 0 Å². The molecule has 4 nitrogen and oxygen atoms in total. The van der Waals surface area contributed by atoms with Crippen LogP contribution in [0.15, 0.2) is 12.2 Å². The van der Waals surface area contributed by atoms with Crippen molar-refractivity contribution in [3.05, 3.63) is 12.2 Å². The van der Waals surface area contributed by atoms with Crippen LogP contribution in [-0.4, -0.2) is 24.0 Å². The summed E-state index contributed by atoms with van der Waals surface area (Å²) >= 11 is 0. The number of carbonyl (C=O) groups is 2. The van der Waals surface area contributed by atoms with Gasteiger partial charge >= 0.3 is 5.97 Å². The second-order valence-electron chi connectivity index (χ2n) is 5.87. The highest BCUT2D eigenvalue weighted by molar-refractivity contribution is 5.92. The minimum absolute atomic E-state index is 0.0104. The number of ether oxygens (including phenoxy) is 1. The van der Waals surface area contributed by atoms with Crippen LogP contribution in [0.1, 0.15) is 26.7 Å². The Bertz CT molecular complexity index is 430. The number of fused-ring (bicyclic) bond motifs is 1. The van der Waals surface area contributed by atoms with E-state index < -0.39 is 0 Å². The van der Waals surface area contributed by atoms with Crippen molar-refractivity contribution in [3.63, 3.8) is 0 Å². The summed E-state index contributed by atoms with van der Waals surface area (Å²) in [4.78, 5) is 23.5. The maximum atomic E-state index is 11.8. The molecule has 1 heterocycles. The molecule has 3 rings (SSSR count). The Balaban J connectivity index is 1.82. The SMILES string of the molecule is C=C(C)C(=O)NC1C2CC3C1OC(=O)C3(C)C2. The number of hydrogen-bond donors (Lipinski definition) is 1. The van der Waals surface area contributed by atoms with Gasteiger partial charge in [-0.1, -0.05) is 6.58 Å². The maximum Gasteiger partial charge on any atom is 0.312 e. The predicted octanol–water partition coefficient (Wildman–Crippen LogP) is 1.02. The van der Waals surface area contributed by atoms with Gasteiger partial charge < -0.3 is 10.1 Å². The highest BCUT2D eigenvalue weighted by Gasteiger charge is 2.68. The lowest BCUT2D eigenvalue weighted by atomic mass is 9.74. The van der Waals surface area contributed by atoms with E-state index in [4.69, 9.17) is 4.74 Å². The minimum Gasteiger partial charge on any atom is -0.459 e. The standard InChI is InChI=1S/C13H17NO3/c1-6(2)11(15)14-9-7-4-8-10(9)17-12(16)13(8,3)5-7/h7-10H,1,4-5H2,2-3H3,(H,14,15). The molecule has 0 spiro atoms. The monoisotopic (exact) mass is 235 g/mol. The van der Waals surface area contributed by atoms with Gasteiger partial charge in [0, 0.05) is 11.5 Å². The lowest BCUT2D eigenvalue weighted by molar-refractivity contribution is -0.147. The van der Waals surface area contributed by atoms with E-state index in [0.29, 0.717) is 11.5 Å². The van der Waals surface area contributed by atoms with E-state index in [1.807, 2.05) is 6.92 Å². The molecule has 2 aliphatic carbocycles. The molecule has 0 aromatic heterocycles. The average Bonchev–Trinajstić information content (AvgIpc) is 2.79. The zero-order valence-electron chi connectivity index (χ0n) is 10.2. The van der Waals surface area contributed by atoms with Crippen LogP contribution in [0, 0.1) is 17.3 Å². The lowest BCUT2D eigenvalue weighted by Gasteiger charge is -2.30. The van der Waals surface area contributed by atoms with E-state index >= 15 is 0 Å². The number of hydrogen-bond acceptors (Lipinski definition) is 3. The van der Waals surface area contributed by atoms with Crippen LogP contribution in [0.25, 0.3) is 0 Å². The van der Waals surface area contributed by atoms with Gasteiger partial charge in [0.1, 0.15) is 6.10 Å². The van der Waals surface area contributed by atoms with Crippen LogP contribution in [0.5, 0.6) is 0 Å². The summed E-state index contributed by atoms with van der Waals surface area (Å²) in [7, 11) is 0. The van der Waals surface area contributed by atoms with E-state index in [1.54, 1.807) is 6.92 Å². The molecule has 0 aromatic carbocycles. The van der Waals surface area contributed by atoms with Gasteiger partial charge in [0.2, 0.25) is 5.91 Å². The predicted molar refractivity (Wildman–Crippen MR) is 60.9 cm³/mol. The Morgan fingerprint density at radius 1 is 1.59 bits per heavy atom. The van der Waals surface area contributed by atoms with Crippen LogP contribution in [0.4, 0.5) is 0 Å². The van der Waals surface area contributed by atoms with E-state index in [0.717, 1.165) is 12.8 Å². The molecule has 92 valence electrons. The third-order valence-electron chi connectivity index (χ3n) is 4.71. The van der Waals surface area contributed by atoms with Crippen molar-refractivity contribution in [2.24, 2.45) is 17.3 Å². The Kier molecular flexibility index (Phi) is 1.98. The van der Waals surface area contributed by atoms with Crippen LogP contribution < -0.4 is 5.32 Å². The fraction of sp³-hybridized carbons (Fsp3) is 0.692. The molecule has 1 amide bonds. The van der Waals surface area contributed by atoms with Gasteiger partial charge in [-0.3, -0.25) is 9.59 Å². The van der Waals surface area contributed by atoms with Crippen molar-refractivity contribution in [1.29, 1.82) is 0 Å². The molecule has 1 saturated heterocycles. The number of rotatable bonds is 2. The molecular formula is C13H17NO3. The fourth-order valence-corrected chi connectivity index (χ4v) is 3.78. The van der Waals surface area contributed by atoms with Gasteiger partial charge in [-0.05, 0) is 32.6 Å². The zero-order chi connectivity index (χ0) is 12.4. The molecular weight excluding hydrogens is 218 g/mol. The first-order valence-corrected chi connectivity index (χ1v) is 6.11. The van der Waals surface area contributed by atoms with Gasteiger partial charge in [-0.25, -0.2) is 0 Å². The number of nitrogens with one attached hydrogen (secondary N) is 1. The first-order chi connectivity index (χ1) is 7.93. The summed E-state index contributed by atoms with van der Waals surface area (Å²) in [5.41, 5.74) is 0.208. The Hall–Kier alpha value is -1.32. The summed E-state index contributed by atoms with van der Waals surface area (Å²) < 4.78 is 5.45. The molecule has 0 aromatic rings. The highest BCUT2D eigenvalue weighted by Crippen LogP contribution is 2.61. The Labute approximate surface area is 100 Å². The third-order valence-corrected chi connectivity index (χ3v) is 4.71. The van der Waals surface area contributed by atoms with Crippen molar-refractivity contribution in [2.45, 2.75) is 38.8 Å². The number of carbonyl (C=O) groups excluding carboxylic acids is 2. The van der Waals surface area contributed by atoms with Crippen LogP contribution in [0.2, 0.25) is 0 Å².